The van der Waals surface area contributed by atoms with Gasteiger partial charge < -0.3 is 15.3 Å². The second-order valence-corrected chi connectivity index (χ2v) is 12.6. The molecule has 1 aromatic carbocycles. The van der Waals surface area contributed by atoms with Crippen molar-refractivity contribution in [2.24, 2.45) is 0 Å². The van der Waals surface area contributed by atoms with E-state index in [-0.39, 0.29) is 37.1 Å². The third kappa shape index (κ3) is 8.02. The fourth-order valence-electron chi connectivity index (χ4n) is 5.91. The van der Waals surface area contributed by atoms with E-state index >= 15 is 4.39 Å². The average molecular weight is 672 g/mol. The van der Waals surface area contributed by atoms with Crippen LogP contribution in [0, 0.1) is 5.82 Å². The monoisotopic (exact) mass is 671 g/mol. The molecule has 45 heavy (non-hydrogen) atoms. The Hall–Kier alpha value is -3.07. The van der Waals surface area contributed by atoms with E-state index in [9.17, 15) is 18.0 Å². The Labute approximate surface area is 269 Å². The third-order valence-electron chi connectivity index (χ3n) is 8.23. The minimum atomic E-state index is -4.63. The highest BCUT2D eigenvalue weighted by atomic mass is 35.5. The summed E-state index contributed by atoms with van der Waals surface area (Å²) < 4.78 is 56.9. The number of alkyl halides is 3. The lowest BCUT2D eigenvalue weighted by Gasteiger charge is -2.40. The number of carboxylic acid groups (broad SMARTS) is 1. The van der Waals surface area contributed by atoms with Gasteiger partial charge in [-0.15, -0.1) is 0 Å². The van der Waals surface area contributed by atoms with E-state index in [1.54, 1.807) is 4.90 Å². The number of piperazine rings is 1. The van der Waals surface area contributed by atoms with Gasteiger partial charge in [0.05, 0.1) is 22.7 Å². The molecule has 2 atom stereocenters. The molecule has 2 saturated heterocycles. The molecule has 0 saturated carbocycles. The molecule has 2 aliphatic heterocycles. The lowest BCUT2D eigenvalue weighted by molar-refractivity contribution is -0.138. The summed E-state index contributed by atoms with van der Waals surface area (Å²) in [4.78, 5) is 30.8. The van der Waals surface area contributed by atoms with Crippen molar-refractivity contribution in [2.45, 2.75) is 71.8 Å². The summed E-state index contributed by atoms with van der Waals surface area (Å²) in [6.07, 6.45) is -0.300. The number of halogens is 5. The highest BCUT2D eigenvalue weighted by molar-refractivity contribution is 7.16. The number of nitrogens with one attached hydrogen (secondary N) is 1. The topological polar surface area (TPSA) is 97.7 Å². The molecule has 0 amide bonds. The molecule has 0 spiro atoms. The van der Waals surface area contributed by atoms with Crippen molar-refractivity contribution in [1.82, 2.24) is 24.8 Å². The summed E-state index contributed by atoms with van der Waals surface area (Å²) in [6, 6.07) is 4.09. The van der Waals surface area contributed by atoms with Crippen LogP contribution in [0.25, 0.3) is 11.3 Å². The number of carboxylic acids is 1. The number of benzene rings is 1. The Balaban J connectivity index is 0.00000461. The number of thiazole rings is 1. The second-order valence-electron chi connectivity index (χ2n) is 11.1. The molecule has 0 aliphatic carbocycles. The van der Waals surface area contributed by atoms with E-state index < -0.39 is 28.5 Å². The highest BCUT2D eigenvalue weighted by Gasteiger charge is 2.34. The van der Waals surface area contributed by atoms with Gasteiger partial charge in [0, 0.05) is 55.2 Å². The fraction of sp³-hybridized carbons (Fsp3) is 0.533. The SMILES string of the molecule is C.CC[C@@H]1CCCN1Cc1sc(Nc2ncnc(N3CCN(CCC(=O)O)[C@@H](C)C3)c2F)nc1-c1ccc(Cl)c(C(F)(F)F)c1. The molecule has 15 heteroatoms. The van der Waals surface area contributed by atoms with Crippen LogP contribution >= 0.6 is 22.9 Å². The van der Waals surface area contributed by atoms with Crippen LogP contribution in [0.4, 0.5) is 34.3 Å². The number of hydrogen-bond acceptors (Lipinski definition) is 9. The summed E-state index contributed by atoms with van der Waals surface area (Å²) in [5, 5.41) is 11.9. The van der Waals surface area contributed by atoms with Crippen molar-refractivity contribution in [3.8, 4) is 11.3 Å². The first-order valence-electron chi connectivity index (χ1n) is 14.5. The van der Waals surface area contributed by atoms with Crippen molar-refractivity contribution < 1.29 is 27.5 Å². The normalized spacial score (nSPS) is 19.5. The number of aliphatic carboxylic acids is 1. The molecule has 2 aliphatic rings. The highest BCUT2D eigenvalue weighted by Crippen LogP contribution is 2.40. The van der Waals surface area contributed by atoms with Crippen LogP contribution in [-0.4, -0.2) is 80.6 Å². The predicted octanol–water partition coefficient (Wildman–Crippen LogP) is 7.15. The Bertz CT molecular complexity index is 1490. The Morgan fingerprint density at radius 2 is 1.98 bits per heavy atom. The van der Waals surface area contributed by atoms with Crippen LogP contribution in [0.5, 0.6) is 0 Å². The molecule has 0 radical (unpaired) electrons. The second kappa shape index (κ2) is 14.6. The molecule has 246 valence electrons. The zero-order valence-corrected chi connectivity index (χ0v) is 25.9. The van der Waals surface area contributed by atoms with Crippen molar-refractivity contribution in [3.05, 3.63) is 45.8 Å². The summed E-state index contributed by atoms with van der Waals surface area (Å²) in [6.45, 7) is 7.31. The van der Waals surface area contributed by atoms with Crippen molar-refractivity contribution >= 4 is 45.7 Å². The average Bonchev–Trinajstić information content (AvgIpc) is 3.59. The summed E-state index contributed by atoms with van der Waals surface area (Å²) in [7, 11) is 0. The Morgan fingerprint density at radius 3 is 2.67 bits per heavy atom. The summed E-state index contributed by atoms with van der Waals surface area (Å²) in [5.74, 6) is -1.52. The number of likely N-dealkylation sites (tertiary alicyclic amines) is 1. The van der Waals surface area contributed by atoms with Gasteiger partial charge in [-0.25, -0.2) is 15.0 Å². The number of hydrogen-bond donors (Lipinski definition) is 2. The zero-order chi connectivity index (χ0) is 31.6. The van der Waals surface area contributed by atoms with Crippen molar-refractivity contribution in [1.29, 1.82) is 0 Å². The number of aromatic nitrogens is 3. The van der Waals surface area contributed by atoms with E-state index in [1.807, 2.05) is 11.8 Å². The molecule has 2 N–H and O–H groups in total. The molecule has 9 nitrogen and oxygen atoms in total. The van der Waals surface area contributed by atoms with Gasteiger partial charge in [0.25, 0.3) is 0 Å². The molecule has 4 heterocycles. The lowest BCUT2D eigenvalue weighted by Crippen LogP contribution is -2.52. The van der Waals surface area contributed by atoms with Gasteiger partial charge in [0.2, 0.25) is 5.82 Å². The quantitative estimate of drug-likeness (QED) is 0.218. The van der Waals surface area contributed by atoms with Crippen LogP contribution in [-0.2, 0) is 17.5 Å². The van der Waals surface area contributed by atoms with E-state index in [0.717, 1.165) is 36.8 Å². The number of anilines is 3. The minimum Gasteiger partial charge on any atom is -0.481 e. The van der Waals surface area contributed by atoms with Gasteiger partial charge in [-0.2, -0.15) is 17.6 Å². The molecule has 0 unspecified atom stereocenters. The van der Waals surface area contributed by atoms with E-state index in [4.69, 9.17) is 16.7 Å². The number of rotatable bonds is 10. The number of nitrogens with zero attached hydrogens (tertiary/aromatic N) is 6. The molecule has 0 bridgehead atoms. The molecule has 2 fully saturated rings. The van der Waals surface area contributed by atoms with Crippen molar-refractivity contribution in [3.63, 3.8) is 0 Å². The third-order valence-corrected chi connectivity index (χ3v) is 9.52. The van der Waals surface area contributed by atoms with Crippen molar-refractivity contribution in [2.75, 3.05) is 42.9 Å². The van der Waals surface area contributed by atoms with Crippen LogP contribution in [0.1, 0.15) is 57.4 Å². The molecule has 5 rings (SSSR count). The maximum atomic E-state index is 15.8. The first-order chi connectivity index (χ1) is 20.9. The van der Waals surface area contributed by atoms with Crippen LogP contribution in [0.15, 0.2) is 24.5 Å². The Morgan fingerprint density at radius 1 is 1.20 bits per heavy atom. The van der Waals surface area contributed by atoms with Gasteiger partial charge >= 0.3 is 12.1 Å². The van der Waals surface area contributed by atoms with Gasteiger partial charge in [-0.3, -0.25) is 14.6 Å². The fourth-order valence-corrected chi connectivity index (χ4v) is 7.14. The molecule has 2 aromatic heterocycles. The van der Waals surface area contributed by atoms with Crippen LogP contribution < -0.4 is 10.2 Å². The minimum absolute atomic E-state index is 0. The summed E-state index contributed by atoms with van der Waals surface area (Å²) >= 11 is 7.14. The van der Waals surface area contributed by atoms with Gasteiger partial charge in [-0.1, -0.05) is 43.4 Å². The van der Waals surface area contributed by atoms with E-state index in [0.29, 0.717) is 49.6 Å². The first-order valence-corrected chi connectivity index (χ1v) is 15.7. The standard InChI is InChI=1S/C29H34ClF4N7O2S.CH4/c1-3-19-5-4-9-40(19)15-22-25(18-6-7-21(30)20(13-18)29(32,33)34)37-28(44-22)38-26-24(31)27(36-16-35-26)41-12-11-39(17(2)14-41)10-8-23(42)43;/h6-7,13,16-17,19H,3-5,8-12,14-15H2,1-2H3,(H,42,43)(H,35,36,37,38);1H4/t17-,19+;/m0./s1. The largest absolute Gasteiger partial charge is 0.481 e. The summed E-state index contributed by atoms with van der Waals surface area (Å²) in [5.41, 5.74) is -0.296. The lowest BCUT2D eigenvalue weighted by atomic mass is 10.1. The molecular weight excluding hydrogens is 634 g/mol. The van der Waals surface area contributed by atoms with Crippen LogP contribution in [0.3, 0.4) is 0 Å². The molecular formula is C30H38ClF4N7O2S. The molecule has 3 aromatic rings. The smallest absolute Gasteiger partial charge is 0.417 e. The predicted molar refractivity (Wildman–Crippen MR) is 169 cm³/mol. The van der Waals surface area contributed by atoms with Crippen LogP contribution in [0.2, 0.25) is 5.02 Å². The maximum Gasteiger partial charge on any atom is 0.417 e. The van der Waals surface area contributed by atoms with Gasteiger partial charge in [-0.05, 0) is 44.9 Å². The maximum absolute atomic E-state index is 15.8. The zero-order valence-electron chi connectivity index (χ0n) is 24.4. The van der Waals surface area contributed by atoms with Gasteiger partial charge in [0.1, 0.15) is 6.33 Å². The van der Waals surface area contributed by atoms with E-state index in [2.05, 4.69) is 32.1 Å². The van der Waals surface area contributed by atoms with Gasteiger partial charge in [0.15, 0.2) is 16.8 Å². The first kappa shape index (κ1) is 34.8. The number of carbonyl (C=O) groups is 1. The Kier molecular flexibility index (Phi) is 11.3. The van der Waals surface area contributed by atoms with E-state index in [1.165, 1.54) is 29.8 Å².